The van der Waals surface area contributed by atoms with Gasteiger partial charge < -0.3 is 10.2 Å². The highest BCUT2D eigenvalue weighted by molar-refractivity contribution is 7.98. The zero-order valence-corrected chi connectivity index (χ0v) is 13.4. The average Bonchev–Trinajstić information content (AvgIpc) is 2.53. The van der Waals surface area contributed by atoms with Gasteiger partial charge >= 0.3 is 0 Å². The van der Waals surface area contributed by atoms with Crippen LogP contribution in [0.1, 0.15) is 46.0 Å². The quantitative estimate of drug-likeness (QED) is 0.683. The van der Waals surface area contributed by atoms with Gasteiger partial charge in [0.1, 0.15) is 0 Å². The predicted octanol–water partition coefficient (Wildman–Crippen LogP) is 3.23. The Morgan fingerprint density at radius 2 is 2.11 bits per heavy atom. The lowest BCUT2D eigenvalue weighted by Gasteiger charge is -2.25. The van der Waals surface area contributed by atoms with Crippen molar-refractivity contribution in [3.8, 4) is 0 Å². The Morgan fingerprint density at radius 1 is 1.28 bits per heavy atom. The van der Waals surface area contributed by atoms with Crippen molar-refractivity contribution in [2.45, 2.75) is 52.0 Å². The van der Waals surface area contributed by atoms with E-state index in [0.29, 0.717) is 0 Å². The number of thioether (sulfide) groups is 1. The molecule has 2 nitrogen and oxygen atoms in total. The van der Waals surface area contributed by atoms with Crippen LogP contribution in [0.2, 0.25) is 0 Å². The Hall–Kier alpha value is 0.270. The van der Waals surface area contributed by atoms with Crippen LogP contribution in [0.25, 0.3) is 0 Å². The van der Waals surface area contributed by atoms with E-state index in [0.717, 1.165) is 12.0 Å². The third kappa shape index (κ3) is 7.65. The molecule has 1 unspecified atom stereocenters. The van der Waals surface area contributed by atoms with Crippen LogP contribution < -0.4 is 5.32 Å². The van der Waals surface area contributed by atoms with Gasteiger partial charge in [-0.1, -0.05) is 20.3 Å². The van der Waals surface area contributed by atoms with E-state index in [4.69, 9.17) is 0 Å². The first kappa shape index (κ1) is 16.3. The number of nitrogens with one attached hydrogen (secondary N) is 1. The summed E-state index contributed by atoms with van der Waals surface area (Å²) in [5.41, 5.74) is 0. The summed E-state index contributed by atoms with van der Waals surface area (Å²) in [7, 11) is 0. The van der Waals surface area contributed by atoms with Gasteiger partial charge in [-0.05, 0) is 63.2 Å². The van der Waals surface area contributed by atoms with E-state index in [9.17, 15) is 0 Å². The molecule has 18 heavy (non-hydrogen) atoms. The summed E-state index contributed by atoms with van der Waals surface area (Å²) < 4.78 is 0. The zero-order chi connectivity index (χ0) is 13.2. The molecule has 1 aliphatic rings. The molecule has 1 saturated heterocycles. The van der Waals surface area contributed by atoms with Crippen LogP contribution >= 0.6 is 11.8 Å². The van der Waals surface area contributed by atoms with Crippen molar-refractivity contribution in [3.63, 3.8) is 0 Å². The lowest BCUT2D eigenvalue weighted by molar-refractivity contribution is 0.250. The summed E-state index contributed by atoms with van der Waals surface area (Å²) in [5.74, 6) is 2.14. The molecular weight excluding hydrogens is 240 g/mol. The number of rotatable bonds is 8. The molecule has 0 radical (unpaired) electrons. The van der Waals surface area contributed by atoms with E-state index in [1.165, 1.54) is 64.0 Å². The SMILES string of the molecule is CSCCCCCN1CCCNC(CC(C)C)C1. The lowest BCUT2D eigenvalue weighted by Crippen LogP contribution is -2.38. The molecule has 108 valence electrons. The second-order valence-electron chi connectivity index (χ2n) is 5.99. The number of unbranched alkanes of at least 4 members (excludes halogenated alkanes) is 2. The van der Waals surface area contributed by atoms with Crippen LogP contribution in [0.4, 0.5) is 0 Å². The van der Waals surface area contributed by atoms with Crippen LogP contribution in [0, 0.1) is 5.92 Å². The van der Waals surface area contributed by atoms with Gasteiger partial charge in [-0.15, -0.1) is 0 Å². The Kier molecular flexibility index (Phi) is 9.16. The van der Waals surface area contributed by atoms with Crippen LogP contribution in [-0.2, 0) is 0 Å². The maximum Gasteiger partial charge on any atom is 0.0197 e. The van der Waals surface area contributed by atoms with Gasteiger partial charge in [-0.25, -0.2) is 0 Å². The Bertz CT molecular complexity index is 197. The molecule has 0 aromatic carbocycles. The van der Waals surface area contributed by atoms with Gasteiger partial charge in [0.05, 0.1) is 0 Å². The van der Waals surface area contributed by atoms with Gasteiger partial charge in [0.2, 0.25) is 0 Å². The largest absolute Gasteiger partial charge is 0.313 e. The maximum absolute atomic E-state index is 3.71. The van der Waals surface area contributed by atoms with Crippen molar-refractivity contribution in [1.29, 1.82) is 0 Å². The maximum atomic E-state index is 3.71. The minimum Gasteiger partial charge on any atom is -0.313 e. The third-order valence-corrected chi connectivity index (χ3v) is 4.34. The van der Waals surface area contributed by atoms with Crippen molar-refractivity contribution in [2.24, 2.45) is 5.92 Å². The topological polar surface area (TPSA) is 15.3 Å². The molecule has 1 N–H and O–H groups in total. The van der Waals surface area contributed by atoms with Crippen molar-refractivity contribution >= 4 is 11.8 Å². The Balaban J connectivity index is 2.17. The van der Waals surface area contributed by atoms with Gasteiger partial charge in [0.25, 0.3) is 0 Å². The lowest BCUT2D eigenvalue weighted by atomic mass is 10.0. The summed E-state index contributed by atoms with van der Waals surface area (Å²) in [5, 5.41) is 3.71. The highest BCUT2D eigenvalue weighted by atomic mass is 32.2. The summed E-state index contributed by atoms with van der Waals surface area (Å²) >= 11 is 1.97. The van der Waals surface area contributed by atoms with Crippen molar-refractivity contribution < 1.29 is 0 Å². The van der Waals surface area contributed by atoms with Gasteiger partial charge in [0.15, 0.2) is 0 Å². The highest BCUT2D eigenvalue weighted by Gasteiger charge is 2.17. The minimum absolute atomic E-state index is 0.721. The van der Waals surface area contributed by atoms with Crippen molar-refractivity contribution in [1.82, 2.24) is 10.2 Å². The second kappa shape index (κ2) is 10.1. The molecule has 1 atom stereocenters. The first-order valence-corrected chi connectivity index (χ1v) is 9.06. The molecule has 0 aliphatic carbocycles. The van der Waals surface area contributed by atoms with E-state index >= 15 is 0 Å². The van der Waals surface area contributed by atoms with Crippen LogP contribution in [-0.4, -0.2) is 49.1 Å². The monoisotopic (exact) mass is 272 g/mol. The van der Waals surface area contributed by atoms with E-state index in [1.807, 2.05) is 11.8 Å². The Morgan fingerprint density at radius 3 is 2.83 bits per heavy atom. The van der Waals surface area contributed by atoms with E-state index in [2.05, 4.69) is 30.3 Å². The third-order valence-electron chi connectivity index (χ3n) is 3.64. The summed E-state index contributed by atoms with van der Waals surface area (Å²) in [6, 6.07) is 0.721. The van der Waals surface area contributed by atoms with Crippen LogP contribution in [0.3, 0.4) is 0 Å². The number of nitrogens with zero attached hydrogens (tertiary/aromatic N) is 1. The fourth-order valence-electron chi connectivity index (χ4n) is 2.76. The molecule has 0 aromatic rings. The first-order valence-electron chi connectivity index (χ1n) is 7.67. The molecule has 0 bridgehead atoms. The number of hydrogen-bond acceptors (Lipinski definition) is 3. The zero-order valence-electron chi connectivity index (χ0n) is 12.6. The van der Waals surface area contributed by atoms with Crippen LogP contribution in [0.5, 0.6) is 0 Å². The fraction of sp³-hybridized carbons (Fsp3) is 1.00. The highest BCUT2D eigenvalue weighted by Crippen LogP contribution is 2.11. The van der Waals surface area contributed by atoms with E-state index < -0.39 is 0 Å². The standard InChI is InChI=1S/C15H32N2S/c1-14(2)12-15-13-17(10-7-8-16-15)9-5-4-6-11-18-3/h14-16H,4-13H2,1-3H3. The molecule has 1 heterocycles. The average molecular weight is 273 g/mol. The summed E-state index contributed by atoms with van der Waals surface area (Å²) in [4.78, 5) is 2.69. The van der Waals surface area contributed by atoms with E-state index in [-0.39, 0.29) is 0 Å². The van der Waals surface area contributed by atoms with Gasteiger partial charge in [-0.2, -0.15) is 11.8 Å². The molecule has 1 aliphatic heterocycles. The normalized spacial score (nSPS) is 22.3. The smallest absolute Gasteiger partial charge is 0.0197 e. The summed E-state index contributed by atoms with van der Waals surface area (Å²) in [6.07, 6.45) is 9.02. The van der Waals surface area contributed by atoms with Crippen molar-refractivity contribution in [2.75, 3.05) is 38.2 Å². The van der Waals surface area contributed by atoms with Crippen molar-refractivity contribution in [3.05, 3.63) is 0 Å². The molecule has 3 heteroatoms. The Labute approximate surface area is 118 Å². The molecule has 0 spiro atoms. The van der Waals surface area contributed by atoms with E-state index in [1.54, 1.807) is 0 Å². The molecule has 0 amide bonds. The number of hydrogen-bond donors (Lipinski definition) is 1. The summed E-state index contributed by atoms with van der Waals surface area (Å²) in [6.45, 7) is 9.74. The van der Waals surface area contributed by atoms with Gasteiger partial charge in [0, 0.05) is 12.6 Å². The molecule has 1 fully saturated rings. The first-order chi connectivity index (χ1) is 8.72. The second-order valence-corrected chi connectivity index (χ2v) is 6.97. The fourth-order valence-corrected chi connectivity index (χ4v) is 3.26. The molecule has 0 aromatic heterocycles. The molecule has 1 rings (SSSR count). The molecular formula is C15H32N2S. The minimum atomic E-state index is 0.721. The van der Waals surface area contributed by atoms with Crippen LogP contribution in [0.15, 0.2) is 0 Å². The van der Waals surface area contributed by atoms with Gasteiger partial charge in [-0.3, -0.25) is 0 Å². The molecule has 0 saturated carbocycles. The predicted molar refractivity (Wildman–Crippen MR) is 84.5 cm³/mol.